The van der Waals surface area contributed by atoms with Crippen LogP contribution in [0.1, 0.15) is 24.1 Å². The lowest BCUT2D eigenvalue weighted by Gasteiger charge is -2.38. The molecule has 132 valence electrons. The van der Waals surface area contributed by atoms with Gasteiger partial charge in [-0.1, -0.05) is 30.3 Å². The van der Waals surface area contributed by atoms with Crippen molar-refractivity contribution in [3.8, 4) is 0 Å². The predicted molar refractivity (Wildman–Crippen MR) is 94.4 cm³/mol. The van der Waals surface area contributed by atoms with E-state index in [1.54, 1.807) is 13.1 Å². The highest BCUT2D eigenvalue weighted by Crippen LogP contribution is 2.34. The van der Waals surface area contributed by atoms with Gasteiger partial charge in [0.05, 0.1) is 6.20 Å². The van der Waals surface area contributed by atoms with Gasteiger partial charge in [0.15, 0.2) is 0 Å². The molecule has 1 amide bonds. The van der Waals surface area contributed by atoms with Crippen LogP contribution in [0.15, 0.2) is 47.5 Å². The van der Waals surface area contributed by atoms with E-state index in [9.17, 15) is 9.59 Å². The fourth-order valence-electron chi connectivity index (χ4n) is 3.31. The van der Waals surface area contributed by atoms with Crippen molar-refractivity contribution in [3.05, 3.63) is 64.3 Å². The van der Waals surface area contributed by atoms with Crippen LogP contribution in [0.5, 0.6) is 0 Å². The van der Waals surface area contributed by atoms with E-state index in [0.29, 0.717) is 25.5 Å². The molecule has 0 atom stereocenters. The Kier molecular flexibility index (Phi) is 5.28. The number of carbonyl (C=O) groups is 1. The van der Waals surface area contributed by atoms with Crippen molar-refractivity contribution in [2.24, 2.45) is 0 Å². The number of aromatic nitrogens is 2. The molecule has 1 aromatic carbocycles. The standard InChI is InChI=1S/C19H23N3O3/c1-15-11-20-12-18(24)22(15)13-17(23)21-14-19(7-9-25-10-8-19)16-5-3-2-4-6-16/h2-6,11-12H,7-10,13-14H2,1H3,(H,21,23). The van der Waals surface area contributed by atoms with Crippen molar-refractivity contribution in [2.45, 2.75) is 31.7 Å². The minimum absolute atomic E-state index is 0.00849. The minimum atomic E-state index is -0.265. The van der Waals surface area contributed by atoms with Crippen LogP contribution < -0.4 is 10.9 Å². The monoisotopic (exact) mass is 341 g/mol. The number of carbonyl (C=O) groups excluding carboxylic acids is 1. The van der Waals surface area contributed by atoms with Crippen molar-refractivity contribution in [1.29, 1.82) is 0 Å². The number of hydrogen-bond donors (Lipinski definition) is 1. The molecule has 0 aliphatic carbocycles. The normalized spacial score (nSPS) is 16.4. The maximum atomic E-state index is 12.4. The Hall–Kier alpha value is -2.47. The van der Waals surface area contributed by atoms with Gasteiger partial charge in [0.25, 0.3) is 5.56 Å². The lowest BCUT2D eigenvalue weighted by Crippen LogP contribution is -2.45. The van der Waals surface area contributed by atoms with Gasteiger partial charge in [-0.3, -0.25) is 14.6 Å². The first-order valence-electron chi connectivity index (χ1n) is 8.52. The van der Waals surface area contributed by atoms with E-state index >= 15 is 0 Å². The van der Waals surface area contributed by atoms with Gasteiger partial charge in [0.2, 0.25) is 5.91 Å². The van der Waals surface area contributed by atoms with E-state index in [4.69, 9.17) is 4.74 Å². The van der Waals surface area contributed by atoms with Crippen LogP contribution >= 0.6 is 0 Å². The first kappa shape index (κ1) is 17.4. The third-order valence-electron chi connectivity index (χ3n) is 4.90. The van der Waals surface area contributed by atoms with Gasteiger partial charge in [-0.2, -0.15) is 0 Å². The molecule has 0 spiro atoms. The Morgan fingerprint density at radius 3 is 2.64 bits per heavy atom. The lowest BCUT2D eigenvalue weighted by atomic mass is 9.74. The molecule has 1 aliphatic rings. The van der Waals surface area contributed by atoms with Crippen molar-refractivity contribution in [1.82, 2.24) is 14.9 Å². The zero-order chi connectivity index (χ0) is 17.7. The van der Waals surface area contributed by atoms with Gasteiger partial charge in [0, 0.05) is 37.1 Å². The van der Waals surface area contributed by atoms with Crippen LogP contribution in [0.2, 0.25) is 0 Å². The smallest absolute Gasteiger partial charge is 0.269 e. The molecule has 6 heteroatoms. The van der Waals surface area contributed by atoms with Crippen LogP contribution in [0.25, 0.3) is 0 Å². The van der Waals surface area contributed by atoms with E-state index < -0.39 is 0 Å². The number of nitrogens with zero attached hydrogens (tertiary/aromatic N) is 2. The summed E-state index contributed by atoms with van der Waals surface area (Å²) in [5.41, 5.74) is 1.51. The molecule has 0 bridgehead atoms. The molecule has 6 nitrogen and oxygen atoms in total. The number of aryl methyl sites for hydroxylation is 1. The van der Waals surface area contributed by atoms with Gasteiger partial charge in [-0.25, -0.2) is 0 Å². The van der Waals surface area contributed by atoms with E-state index in [1.165, 1.54) is 16.3 Å². The molecule has 0 unspecified atom stereocenters. The Morgan fingerprint density at radius 2 is 1.96 bits per heavy atom. The van der Waals surface area contributed by atoms with Crippen LogP contribution in [0.4, 0.5) is 0 Å². The molecule has 2 aromatic rings. The second-order valence-electron chi connectivity index (χ2n) is 6.51. The molecule has 1 aliphatic heterocycles. The minimum Gasteiger partial charge on any atom is -0.381 e. The highest BCUT2D eigenvalue weighted by molar-refractivity contribution is 5.76. The van der Waals surface area contributed by atoms with Gasteiger partial charge in [0.1, 0.15) is 6.54 Å². The largest absolute Gasteiger partial charge is 0.381 e. The average molecular weight is 341 g/mol. The fourth-order valence-corrected chi connectivity index (χ4v) is 3.31. The topological polar surface area (TPSA) is 73.2 Å². The molecular formula is C19H23N3O3. The molecule has 25 heavy (non-hydrogen) atoms. The molecule has 1 fully saturated rings. The van der Waals surface area contributed by atoms with Gasteiger partial charge in [-0.05, 0) is 25.3 Å². The molecule has 3 rings (SSSR count). The van der Waals surface area contributed by atoms with Crippen molar-refractivity contribution < 1.29 is 9.53 Å². The lowest BCUT2D eigenvalue weighted by molar-refractivity contribution is -0.122. The Labute approximate surface area is 146 Å². The first-order valence-corrected chi connectivity index (χ1v) is 8.52. The second kappa shape index (κ2) is 7.61. The number of nitrogens with one attached hydrogen (secondary N) is 1. The van der Waals surface area contributed by atoms with E-state index in [0.717, 1.165) is 12.8 Å². The molecule has 0 radical (unpaired) electrons. The summed E-state index contributed by atoms with van der Waals surface area (Å²) >= 11 is 0. The zero-order valence-electron chi connectivity index (χ0n) is 14.4. The van der Waals surface area contributed by atoms with Crippen LogP contribution in [0, 0.1) is 6.92 Å². The van der Waals surface area contributed by atoms with Crippen LogP contribution in [0.3, 0.4) is 0 Å². The van der Waals surface area contributed by atoms with Gasteiger partial charge < -0.3 is 14.6 Å². The molecule has 1 N–H and O–H groups in total. The second-order valence-corrected chi connectivity index (χ2v) is 6.51. The summed E-state index contributed by atoms with van der Waals surface area (Å²) < 4.78 is 6.95. The summed E-state index contributed by atoms with van der Waals surface area (Å²) in [6, 6.07) is 10.3. The Morgan fingerprint density at radius 1 is 1.24 bits per heavy atom. The summed E-state index contributed by atoms with van der Waals surface area (Å²) in [6.45, 7) is 3.69. The SMILES string of the molecule is Cc1cncc(=O)n1CC(=O)NCC1(c2ccccc2)CCOCC1. The molecule has 0 saturated carbocycles. The molecule has 2 heterocycles. The number of ether oxygens (including phenoxy) is 1. The summed E-state index contributed by atoms with van der Waals surface area (Å²) in [5.74, 6) is -0.168. The number of rotatable bonds is 5. The third-order valence-corrected chi connectivity index (χ3v) is 4.90. The predicted octanol–water partition coefficient (Wildman–Crippen LogP) is 1.42. The summed E-state index contributed by atoms with van der Waals surface area (Å²) in [5, 5.41) is 3.02. The van der Waals surface area contributed by atoms with E-state index in [2.05, 4.69) is 22.4 Å². The zero-order valence-corrected chi connectivity index (χ0v) is 14.4. The van der Waals surface area contributed by atoms with Gasteiger partial charge >= 0.3 is 0 Å². The molecule has 1 saturated heterocycles. The molecular weight excluding hydrogens is 318 g/mol. The van der Waals surface area contributed by atoms with Crippen molar-refractivity contribution >= 4 is 5.91 Å². The summed E-state index contributed by atoms with van der Waals surface area (Å²) in [4.78, 5) is 28.1. The Bertz CT molecular complexity index is 780. The third kappa shape index (κ3) is 3.96. The fraction of sp³-hybridized carbons (Fsp3) is 0.421. The summed E-state index contributed by atoms with van der Waals surface area (Å²) in [7, 11) is 0. The Balaban J connectivity index is 1.71. The van der Waals surface area contributed by atoms with E-state index in [1.807, 2.05) is 18.2 Å². The summed E-state index contributed by atoms with van der Waals surface area (Å²) in [6.07, 6.45) is 4.54. The van der Waals surface area contributed by atoms with E-state index in [-0.39, 0.29) is 23.4 Å². The average Bonchev–Trinajstić information content (AvgIpc) is 2.65. The maximum Gasteiger partial charge on any atom is 0.269 e. The number of hydrogen-bond acceptors (Lipinski definition) is 4. The maximum absolute atomic E-state index is 12.4. The number of amides is 1. The highest BCUT2D eigenvalue weighted by atomic mass is 16.5. The van der Waals surface area contributed by atoms with Gasteiger partial charge in [-0.15, -0.1) is 0 Å². The first-order chi connectivity index (χ1) is 12.1. The van der Waals surface area contributed by atoms with Crippen LogP contribution in [-0.4, -0.2) is 35.2 Å². The number of benzene rings is 1. The van der Waals surface area contributed by atoms with Crippen molar-refractivity contribution in [2.75, 3.05) is 19.8 Å². The van der Waals surface area contributed by atoms with Crippen LogP contribution in [-0.2, 0) is 21.5 Å². The quantitative estimate of drug-likeness (QED) is 0.893. The van der Waals surface area contributed by atoms with Crippen molar-refractivity contribution in [3.63, 3.8) is 0 Å². The highest BCUT2D eigenvalue weighted by Gasteiger charge is 2.34. The molecule has 1 aromatic heterocycles.